The lowest BCUT2D eigenvalue weighted by Gasteiger charge is -2.31. The topological polar surface area (TPSA) is 75.5 Å². The fourth-order valence-electron chi connectivity index (χ4n) is 4.17. The highest BCUT2D eigenvalue weighted by molar-refractivity contribution is 6.16. The monoisotopic (exact) mass is 424 g/mol. The van der Waals surface area contributed by atoms with Crippen LogP contribution in [-0.2, 0) is 6.54 Å². The number of piperazine rings is 1. The van der Waals surface area contributed by atoms with Crippen molar-refractivity contribution in [2.45, 2.75) is 13.5 Å². The first-order valence-corrected chi connectivity index (χ1v) is 10.4. The van der Waals surface area contributed by atoms with Crippen molar-refractivity contribution in [3.05, 3.63) is 52.3 Å². The summed E-state index contributed by atoms with van der Waals surface area (Å²) in [6, 6.07) is 6.92. The van der Waals surface area contributed by atoms with Crippen molar-refractivity contribution in [3.8, 4) is 23.0 Å². The Hall–Kier alpha value is -3.03. The standard InChI is InChI=1S/C24H28N2O5/c1-15-11-19(27)18(14-26-9-7-25(2)8-10-26)24-22(15)23(28)21(31-24)12-16-5-6-17(29-3)13-20(16)30-4/h5-6,11-13,27H,7-10,14H2,1-4H3. The Morgan fingerprint density at radius 2 is 1.94 bits per heavy atom. The first-order chi connectivity index (χ1) is 14.9. The zero-order valence-electron chi connectivity index (χ0n) is 18.4. The summed E-state index contributed by atoms with van der Waals surface area (Å²) in [6.45, 7) is 6.22. The number of aryl methyl sites for hydroxylation is 1. The number of hydrogen-bond donors (Lipinski definition) is 1. The molecule has 0 aromatic heterocycles. The normalized spacial score (nSPS) is 18.2. The fraction of sp³-hybridized carbons (Fsp3) is 0.375. The number of benzene rings is 2. The summed E-state index contributed by atoms with van der Waals surface area (Å²) >= 11 is 0. The summed E-state index contributed by atoms with van der Waals surface area (Å²) in [7, 11) is 5.25. The van der Waals surface area contributed by atoms with Crippen LogP contribution in [0.4, 0.5) is 0 Å². The molecule has 2 aromatic rings. The molecule has 2 aromatic carbocycles. The van der Waals surface area contributed by atoms with Crippen LogP contribution in [-0.4, -0.2) is 58.1 Å². The van der Waals surface area contributed by atoms with Crippen LogP contribution in [0.25, 0.3) is 6.08 Å². The number of allylic oxidation sites excluding steroid dienone is 1. The molecule has 0 atom stereocenters. The highest BCUT2D eigenvalue weighted by Gasteiger charge is 2.33. The average molecular weight is 424 g/mol. The smallest absolute Gasteiger partial charge is 0.232 e. The Balaban J connectivity index is 1.68. The predicted molar refractivity (Wildman–Crippen MR) is 115 cm³/mol. The van der Waals surface area contributed by atoms with Crippen molar-refractivity contribution in [1.82, 2.24) is 4.90 Å². The van der Waals surface area contributed by atoms with E-state index in [1.807, 2.05) is 6.07 Å². The van der Waals surface area contributed by atoms with E-state index in [0.717, 1.165) is 26.2 Å². The number of quaternary nitrogens is 1. The summed E-state index contributed by atoms with van der Waals surface area (Å²) in [5, 5.41) is 12.8. The van der Waals surface area contributed by atoms with E-state index in [4.69, 9.17) is 14.2 Å². The average Bonchev–Trinajstić information content (AvgIpc) is 3.09. The van der Waals surface area contributed by atoms with Gasteiger partial charge in [-0.15, -0.1) is 0 Å². The van der Waals surface area contributed by atoms with E-state index in [2.05, 4.69) is 11.9 Å². The molecule has 0 unspecified atom stereocenters. The van der Waals surface area contributed by atoms with Gasteiger partial charge in [-0.1, -0.05) is 11.8 Å². The second kappa shape index (κ2) is 8.61. The van der Waals surface area contributed by atoms with Gasteiger partial charge in [0, 0.05) is 30.3 Å². The minimum atomic E-state index is -0.208. The quantitative estimate of drug-likeness (QED) is 0.723. The number of methoxy groups -OCH3 is 2. The number of fused-ring (bicyclic) bond motifs is 1. The second-order valence-electron chi connectivity index (χ2n) is 8.15. The number of carbonyl (C=O) groups excluding carboxylic acids is 1. The van der Waals surface area contributed by atoms with Crippen LogP contribution >= 0.6 is 0 Å². The third-order valence-corrected chi connectivity index (χ3v) is 6.05. The maximum atomic E-state index is 13.2. The van der Waals surface area contributed by atoms with Gasteiger partial charge < -0.3 is 24.2 Å². The zero-order valence-corrected chi connectivity index (χ0v) is 18.4. The number of nitrogens with one attached hydrogen (secondary N) is 1. The summed E-state index contributed by atoms with van der Waals surface area (Å²) < 4.78 is 16.7. The molecule has 2 aliphatic rings. The lowest BCUT2D eigenvalue weighted by Crippen LogP contribution is -3.13. The lowest BCUT2D eigenvalue weighted by atomic mass is 9.99. The molecule has 2 aliphatic heterocycles. The Kier molecular flexibility index (Phi) is 5.89. The number of hydrogen-bond acceptors (Lipinski definition) is 6. The molecular formula is C24H28N2O5. The second-order valence-corrected chi connectivity index (χ2v) is 8.15. The molecule has 7 heteroatoms. The number of ketones is 1. The first-order valence-electron chi connectivity index (χ1n) is 10.4. The molecule has 0 saturated carbocycles. The number of nitrogens with zero attached hydrogens (tertiary/aromatic N) is 1. The van der Waals surface area contributed by atoms with E-state index < -0.39 is 0 Å². The molecule has 31 heavy (non-hydrogen) atoms. The fourth-order valence-corrected chi connectivity index (χ4v) is 4.17. The van der Waals surface area contributed by atoms with Gasteiger partial charge in [0.25, 0.3) is 0 Å². The summed E-state index contributed by atoms with van der Waals surface area (Å²) in [4.78, 5) is 16.8. The van der Waals surface area contributed by atoms with E-state index in [0.29, 0.717) is 46.0 Å². The van der Waals surface area contributed by atoms with Gasteiger partial charge in [0.15, 0.2) is 5.76 Å². The number of ether oxygens (including phenoxy) is 3. The van der Waals surface area contributed by atoms with Crippen LogP contribution in [0.2, 0.25) is 0 Å². The van der Waals surface area contributed by atoms with Crippen LogP contribution in [0.1, 0.15) is 27.0 Å². The highest BCUT2D eigenvalue weighted by Crippen LogP contribution is 2.41. The molecule has 1 saturated heterocycles. The Morgan fingerprint density at radius 3 is 2.61 bits per heavy atom. The molecule has 1 N–H and O–H groups in total. The van der Waals surface area contributed by atoms with Crippen LogP contribution < -0.4 is 24.2 Å². The van der Waals surface area contributed by atoms with Gasteiger partial charge in [-0.3, -0.25) is 9.69 Å². The summed E-state index contributed by atoms with van der Waals surface area (Å²) in [6.07, 6.45) is 1.66. The molecule has 7 nitrogen and oxygen atoms in total. The van der Waals surface area contributed by atoms with Gasteiger partial charge in [-0.05, 0) is 37.7 Å². The maximum Gasteiger partial charge on any atom is 0.232 e. The largest absolute Gasteiger partial charge is 0.872 e. The minimum Gasteiger partial charge on any atom is -0.872 e. The van der Waals surface area contributed by atoms with Crippen molar-refractivity contribution in [3.63, 3.8) is 0 Å². The first kappa shape index (κ1) is 21.2. The van der Waals surface area contributed by atoms with Crippen molar-refractivity contribution in [2.24, 2.45) is 0 Å². The van der Waals surface area contributed by atoms with Crippen LogP contribution in [0.15, 0.2) is 30.0 Å². The van der Waals surface area contributed by atoms with E-state index >= 15 is 0 Å². The molecule has 2 heterocycles. The number of rotatable bonds is 5. The van der Waals surface area contributed by atoms with Crippen LogP contribution in [0, 0.1) is 6.92 Å². The van der Waals surface area contributed by atoms with Crippen LogP contribution in [0.3, 0.4) is 0 Å². The molecule has 0 amide bonds. The van der Waals surface area contributed by atoms with Crippen molar-refractivity contribution in [2.75, 3.05) is 47.4 Å². The van der Waals surface area contributed by atoms with Crippen LogP contribution in [0.5, 0.6) is 23.0 Å². The SMILES string of the molecule is COc1ccc(C=C2Oc3c(C[NH+]4CCN(C)CC4)c([O-])cc(C)c3C2=O)c(OC)c1. The molecule has 164 valence electrons. The van der Waals surface area contributed by atoms with Gasteiger partial charge in [0.05, 0.1) is 32.9 Å². The van der Waals surface area contributed by atoms with Gasteiger partial charge in [0.1, 0.15) is 23.8 Å². The minimum absolute atomic E-state index is 0.0706. The van der Waals surface area contributed by atoms with E-state index in [9.17, 15) is 9.90 Å². The predicted octanol–water partition coefficient (Wildman–Crippen LogP) is 1.03. The number of Topliss-reactive ketones (excluding diaryl/α,β-unsaturated/α-hetero) is 1. The maximum absolute atomic E-state index is 13.2. The highest BCUT2D eigenvalue weighted by atomic mass is 16.5. The third-order valence-electron chi connectivity index (χ3n) is 6.05. The lowest BCUT2D eigenvalue weighted by molar-refractivity contribution is -0.918. The number of likely N-dealkylation sites (N-methyl/N-ethyl adjacent to an activating group) is 1. The summed E-state index contributed by atoms with van der Waals surface area (Å²) in [5.74, 6) is 1.56. The van der Waals surface area contributed by atoms with E-state index in [-0.39, 0.29) is 17.3 Å². The molecular weight excluding hydrogens is 396 g/mol. The van der Waals surface area contributed by atoms with Gasteiger partial charge in [0.2, 0.25) is 5.78 Å². The molecule has 0 bridgehead atoms. The van der Waals surface area contributed by atoms with Gasteiger partial charge in [-0.25, -0.2) is 0 Å². The van der Waals surface area contributed by atoms with E-state index in [1.54, 1.807) is 45.4 Å². The Morgan fingerprint density at radius 1 is 1.19 bits per heavy atom. The number of carbonyl (C=O) groups is 1. The molecule has 4 rings (SSSR count). The molecule has 1 fully saturated rings. The Labute approximate surface area is 182 Å². The van der Waals surface area contributed by atoms with Gasteiger partial charge in [-0.2, -0.15) is 0 Å². The molecule has 0 spiro atoms. The third kappa shape index (κ3) is 4.11. The van der Waals surface area contributed by atoms with Crippen molar-refractivity contribution < 1.29 is 29.0 Å². The summed E-state index contributed by atoms with van der Waals surface area (Å²) in [5.41, 5.74) is 2.42. The molecule has 0 radical (unpaired) electrons. The van der Waals surface area contributed by atoms with E-state index in [1.165, 1.54) is 4.90 Å². The van der Waals surface area contributed by atoms with Crippen molar-refractivity contribution in [1.29, 1.82) is 0 Å². The molecule has 0 aliphatic carbocycles. The zero-order chi connectivity index (χ0) is 22.1. The Bertz CT molecular complexity index is 1040. The van der Waals surface area contributed by atoms with Gasteiger partial charge >= 0.3 is 0 Å². The van der Waals surface area contributed by atoms with Crippen molar-refractivity contribution >= 4 is 11.9 Å².